The molecule has 2 unspecified atom stereocenters. The van der Waals surface area contributed by atoms with E-state index in [9.17, 15) is 0 Å². The summed E-state index contributed by atoms with van der Waals surface area (Å²) in [5, 5.41) is 0. The number of halogens is 1. The molecule has 0 saturated carbocycles. The fraction of sp³-hybridized carbons (Fsp3) is 0.158. The third kappa shape index (κ3) is 6.67. The van der Waals surface area contributed by atoms with Crippen molar-refractivity contribution in [2.45, 2.75) is 27.7 Å². The van der Waals surface area contributed by atoms with Crippen molar-refractivity contribution in [2.75, 3.05) is 0 Å². The van der Waals surface area contributed by atoms with Crippen molar-refractivity contribution in [3.05, 3.63) is 177 Å². The van der Waals surface area contributed by atoms with Crippen LogP contribution in [0.25, 0.3) is 11.1 Å². The van der Waals surface area contributed by atoms with Crippen LogP contribution >= 0.6 is 15.9 Å². The third-order valence-corrected chi connectivity index (χ3v) is 7.56. The lowest BCUT2D eigenvalue weighted by molar-refractivity contribution is 0.647. The van der Waals surface area contributed by atoms with E-state index < -0.39 is 0 Å². The van der Waals surface area contributed by atoms with E-state index in [2.05, 4.69) is 176 Å². The summed E-state index contributed by atoms with van der Waals surface area (Å²) in [7, 11) is 0. The molecule has 1 heteroatoms. The monoisotopic (exact) mass is 572 g/mol. The van der Waals surface area contributed by atoms with Crippen LogP contribution in [-0.2, 0) is 0 Å². The van der Waals surface area contributed by atoms with Crippen molar-refractivity contribution in [3.63, 3.8) is 0 Å². The Bertz CT molecular complexity index is 1460. The maximum Gasteiger partial charge on any atom is 0.0181 e. The molecule has 0 saturated heterocycles. The second-order valence-electron chi connectivity index (χ2n) is 9.71. The van der Waals surface area contributed by atoms with Crippen LogP contribution in [0, 0.1) is 11.8 Å². The first-order chi connectivity index (χ1) is 19.1. The third-order valence-electron chi connectivity index (χ3n) is 7.07. The van der Waals surface area contributed by atoms with Gasteiger partial charge in [-0.2, -0.15) is 0 Å². The quantitative estimate of drug-likeness (QED) is 0.186. The van der Waals surface area contributed by atoms with E-state index >= 15 is 0 Å². The molecule has 1 aliphatic carbocycles. The molecule has 0 fully saturated rings. The number of hydrogen-bond donors (Lipinski definition) is 0. The molecule has 0 amide bonds. The summed E-state index contributed by atoms with van der Waals surface area (Å²) in [5.74, 6) is 0.327. The normalized spacial score (nSPS) is 17.3. The molecule has 3 aromatic rings. The van der Waals surface area contributed by atoms with Crippen LogP contribution < -0.4 is 0 Å². The molecule has 0 aromatic heterocycles. The Labute approximate surface area is 243 Å². The standard InChI is InChI=1S/C38H37Br/c1-5-8-9-12-19-28(4)37-35(29(17-6-2)18-7-3)27-34(30-20-13-10-14-21-30)33-25-24-32(39)26-36(33)38(37)31-22-15-11-16-23-31/h5-27,29,35H,1-4H3/b8-5-,12-9-,17-6-,18-7?,28-19+. The van der Waals surface area contributed by atoms with E-state index in [1.165, 1.54) is 44.5 Å². The predicted octanol–water partition coefficient (Wildman–Crippen LogP) is 11.2. The van der Waals surface area contributed by atoms with Gasteiger partial charge in [0.15, 0.2) is 0 Å². The number of hydrogen-bond acceptors (Lipinski definition) is 0. The number of rotatable bonds is 8. The fourth-order valence-electron chi connectivity index (χ4n) is 5.38. The summed E-state index contributed by atoms with van der Waals surface area (Å²) in [5.41, 5.74) is 10.1. The van der Waals surface area contributed by atoms with E-state index in [0.717, 1.165) is 4.47 Å². The molecule has 0 heterocycles. The molecule has 196 valence electrons. The Morgan fingerprint density at radius 2 is 1.36 bits per heavy atom. The number of benzene rings is 3. The van der Waals surface area contributed by atoms with Crippen molar-refractivity contribution in [3.8, 4) is 0 Å². The van der Waals surface area contributed by atoms with Crippen molar-refractivity contribution in [1.29, 1.82) is 0 Å². The van der Waals surface area contributed by atoms with Gasteiger partial charge in [-0.1, -0.05) is 143 Å². The maximum atomic E-state index is 3.80. The van der Waals surface area contributed by atoms with Crippen molar-refractivity contribution < 1.29 is 0 Å². The van der Waals surface area contributed by atoms with Gasteiger partial charge >= 0.3 is 0 Å². The summed E-state index contributed by atoms with van der Waals surface area (Å²) in [6.45, 7) is 8.53. The Kier molecular flexibility index (Phi) is 10.1. The van der Waals surface area contributed by atoms with Gasteiger partial charge in [0.1, 0.15) is 0 Å². The molecule has 0 nitrogen and oxygen atoms in total. The first-order valence-corrected chi connectivity index (χ1v) is 14.5. The molecule has 0 radical (unpaired) electrons. The van der Waals surface area contributed by atoms with Crippen LogP contribution in [0.1, 0.15) is 49.9 Å². The van der Waals surface area contributed by atoms with Gasteiger partial charge in [-0.05, 0) is 84.4 Å². The highest BCUT2D eigenvalue weighted by atomic mass is 79.9. The van der Waals surface area contributed by atoms with E-state index in [1.807, 2.05) is 6.92 Å². The average molecular weight is 574 g/mol. The zero-order valence-electron chi connectivity index (χ0n) is 23.3. The van der Waals surface area contributed by atoms with Crippen molar-refractivity contribution in [2.24, 2.45) is 11.8 Å². The molecular formula is C38H37Br. The van der Waals surface area contributed by atoms with Gasteiger partial charge in [-0.25, -0.2) is 0 Å². The first-order valence-electron chi connectivity index (χ1n) is 13.7. The Balaban J connectivity index is 2.17. The highest BCUT2D eigenvalue weighted by Gasteiger charge is 2.30. The van der Waals surface area contributed by atoms with Crippen LogP contribution in [0.3, 0.4) is 0 Å². The SMILES string of the molecule is CC=CC(/C=C\C)C1C=C(c2ccccc2)c2ccc(Br)cc2C(c2ccccc2)=C1/C(C)=C/C=C\C=C/C. The summed E-state index contributed by atoms with van der Waals surface area (Å²) in [4.78, 5) is 0. The van der Waals surface area contributed by atoms with Crippen molar-refractivity contribution >= 4 is 27.1 Å². The Morgan fingerprint density at radius 1 is 0.718 bits per heavy atom. The summed E-state index contributed by atoms with van der Waals surface area (Å²) in [6.07, 6.45) is 22.2. The van der Waals surface area contributed by atoms with Crippen LogP contribution in [0.5, 0.6) is 0 Å². The first kappa shape index (κ1) is 28.3. The second-order valence-corrected chi connectivity index (χ2v) is 10.6. The van der Waals surface area contributed by atoms with Crippen LogP contribution in [-0.4, -0.2) is 0 Å². The molecule has 2 atom stereocenters. The van der Waals surface area contributed by atoms with Crippen molar-refractivity contribution in [1.82, 2.24) is 0 Å². The van der Waals surface area contributed by atoms with Crippen LogP contribution in [0.4, 0.5) is 0 Å². The minimum absolute atomic E-state index is 0.125. The molecule has 0 bridgehead atoms. The van der Waals surface area contributed by atoms with Gasteiger partial charge < -0.3 is 0 Å². The zero-order chi connectivity index (χ0) is 27.6. The zero-order valence-corrected chi connectivity index (χ0v) is 24.9. The van der Waals surface area contributed by atoms with Gasteiger partial charge in [-0.3, -0.25) is 0 Å². The molecule has 0 aliphatic heterocycles. The van der Waals surface area contributed by atoms with Gasteiger partial charge in [0, 0.05) is 16.3 Å². The van der Waals surface area contributed by atoms with Gasteiger partial charge in [0.05, 0.1) is 0 Å². The van der Waals surface area contributed by atoms with Crippen LogP contribution in [0.15, 0.2) is 155 Å². The number of fused-ring (bicyclic) bond motifs is 1. The molecule has 39 heavy (non-hydrogen) atoms. The van der Waals surface area contributed by atoms with Crippen LogP contribution in [0.2, 0.25) is 0 Å². The molecule has 1 aliphatic rings. The average Bonchev–Trinajstić information content (AvgIpc) is 3.11. The highest BCUT2D eigenvalue weighted by molar-refractivity contribution is 9.10. The number of allylic oxidation sites excluding steroid dienone is 12. The molecule has 0 N–H and O–H groups in total. The molecule has 3 aromatic carbocycles. The lowest BCUT2D eigenvalue weighted by Gasteiger charge is -2.26. The maximum absolute atomic E-state index is 3.80. The van der Waals surface area contributed by atoms with Gasteiger partial charge in [0.2, 0.25) is 0 Å². The van der Waals surface area contributed by atoms with E-state index in [4.69, 9.17) is 0 Å². The van der Waals surface area contributed by atoms with E-state index in [1.54, 1.807) is 0 Å². The molecule has 4 rings (SSSR count). The smallest absolute Gasteiger partial charge is 0.0181 e. The topological polar surface area (TPSA) is 0 Å². The fourth-order valence-corrected chi connectivity index (χ4v) is 5.75. The lowest BCUT2D eigenvalue weighted by atomic mass is 9.77. The molecule has 0 spiro atoms. The lowest BCUT2D eigenvalue weighted by Crippen LogP contribution is -2.14. The van der Waals surface area contributed by atoms with Gasteiger partial charge in [0.25, 0.3) is 0 Å². The predicted molar refractivity (Wildman–Crippen MR) is 174 cm³/mol. The van der Waals surface area contributed by atoms with E-state index in [-0.39, 0.29) is 11.8 Å². The Morgan fingerprint density at radius 3 is 1.97 bits per heavy atom. The Hall–Kier alpha value is -3.68. The van der Waals surface area contributed by atoms with Gasteiger partial charge in [-0.15, -0.1) is 0 Å². The highest BCUT2D eigenvalue weighted by Crippen LogP contribution is 2.47. The second kappa shape index (κ2) is 13.9. The summed E-state index contributed by atoms with van der Waals surface area (Å²) in [6, 6.07) is 28.4. The molecular weight excluding hydrogens is 536 g/mol. The summed E-state index contributed by atoms with van der Waals surface area (Å²) >= 11 is 3.80. The van der Waals surface area contributed by atoms with E-state index in [0.29, 0.717) is 0 Å². The minimum atomic E-state index is 0.125. The minimum Gasteiger partial charge on any atom is -0.0910 e. The summed E-state index contributed by atoms with van der Waals surface area (Å²) < 4.78 is 1.08. The largest absolute Gasteiger partial charge is 0.0910 e.